The van der Waals surface area contributed by atoms with Crippen molar-refractivity contribution < 1.29 is 19.3 Å². The second-order valence-corrected chi connectivity index (χ2v) is 4.46. The number of nitrogen functional groups attached to an aromatic ring is 1. The van der Waals surface area contributed by atoms with Gasteiger partial charge in [0.1, 0.15) is 12.2 Å². The summed E-state index contributed by atoms with van der Waals surface area (Å²) in [6, 6.07) is 0. The minimum Gasteiger partial charge on any atom is -0.394 e. The zero-order valence-corrected chi connectivity index (χ0v) is 10.1. The number of aromatic nitrogens is 4. The fourth-order valence-corrected chi connectivity index (χ4v) is 2.21. The predicted octanol–water partition coefficient (Wildman–Crippen LogP) is -1.71. The Bertz CT molecular complexity index is 701. The number of fused-ring (bicyclic) bond motifs is 1. The van der Waals surface area contributed by atoms with E-state index in [-0.39, 0.29) is 17.1 Å². The number of nitrogens with zero attached hydrogens (tertiary/aromatic N) is 3. The van der Waals surface area contributed by atoms with Gasteiger partial charge in [-0.05, 0) is 0 Å². The standard InChI is InChI=1S/C10H12FN5O4/c11-4-3(1-17)20-9(6(4)18)16-2-13-5-7(16)14-10(12)15-8(5)19/h2-4,6,9,17-18H,1H2,(H3,12,14,15,19)/t3?,4-,6-,9-/m1/s1. The molecule has 2 aromatic rings. The van der Waals surface area contributed by atoms with E-state index >= 15 is 0 Å². The zero-order chi connectivity index (χ0) is 14.4. The molecule has 0 bridgehead atoms. The Kier molecular flexibility index (Phi) is 2.92. The van der Waals surface area contributed by atoms with Crippen LogP contribution in [0, 0.1) is 0 Å². The molecule has 20 heavy (non-hydrogen) atoms. The van der Waals surface area contributed by atoms with Gasteiger partial charge in [0, 0.05) is 0 Å². The Morgan fingerprint density at radius 2 is 2.35 bits per heavy atom. The number of aliphatic hydroxyl groups is 2. The Labute approximate surface area is 110 Å². The van der Waals surface area contributed by atoms with Gasteiger partial charge in [-0.3, -0.25) is 14.3 Å². The van der Waals surface area contributed by atoms with Crippen molar-refractivity contribution in [3.63, 3.8) is 0 Å². The fourth-order valence-electron chi connectivity index (χ4n) is 2.21. The van der Waals surface area contributed by atoms with E-state index < -0.39 is 36.8 Å². The van der Waals surface area contributed by atoms with E-state index in [0.717, 1.165) is 0 Å². The largest absolute Gasteiger partial charge is 0.394 e. The molecule has 1 fully saturated rings. The van der Waals surface area contributed by atoms with Gasteiger partial charge in [-0.15, -0.1) is 0 Å². The van der Waals surface area contributed by atoms with E-state index in [1.165, 1.54) is 10.9 Å². The summed E-state index contributed by atoms with van der Waals surface area (Å²) in [6.07, 6.45) is -4.34. The van der Waals surface area contributed by atoms with Crippen LogP contribution in [0.3, 0.4) is 0 Å². The number of hydrogen-bond donors (Lipinski definition) is 4. The van der Waals surface area contributed by atoms with Crippen molar-refractivity contribution >= 4 is 17.1 Å². The number of imidazole rings is 1. The maximum absolute atomic E-state index is 13.7. The SMILES string of the molecule is Nc1nc2c(ncn2[C@@H]2OC(CO)[C@@H](F)[C@H]2O)c(=O)[nH]1. The highest BCUT2D eigenvalue weighted by Gasteiger charge is 2.45. The molecule has 0 radical (unpaired) electrons. The quantitative estimate of drug-likeness (QED) is 0.515. The average Bonchev–Trinajstić information content (AvgIpc) is 2.93. The molecule has 0 amide bonds. The fraction of sp³-hybridized carbons (Fsp3) is 0.500. The first-order valence-electron chi connectivity index (χ1n) is 5.83. The summed E-state index contributed by atoms with van der Waals surface area (Å²) in [5.41, 5.74) is 4.96. The van der Waals surface area contributed by atoms with Crippen LogP contribution in [-0.4, -0.2) is 54.7 Å². The molecule has 3 heterocycles. The van der Waals surface area contributed by atoms with Gasteiger partial charge in [0.05, 0.1) is 12.9 Å². The number of aliphatic hydroxyl groups excluding tert-OH is 2. The number of H-pyrrole nitrogens is 1. The maximum Gasteiger partial charge on any atom is 0.280 e. The summed E-state index contributed by atoms with van der Waals surface area (Å²) in [7, 11) is 0. The monoisotopic (exact) mass is 285 g/mol. The van der Waals surface area contributed by atoms with Crippen molar-refractivity contribution in [2.75, 3.05) is 12.3 Å². The number of hydrogen-bond acceptors (Lipinski definition) is 7. The summed E-state index contributed by atoms with van der Waals surface area (Å²) in [5.74, 6) is -0.132. The lowest BCUT2D eigenvalue weighted by Crippen LogP contribution is -2.29. The zero-order valence-electron chi connectivity index (χ0n) is 10.1. The van der Waals surface area contributed by atoms with Crippen molar-refractivity contribution in [1.82, 2.24) is 19.5 Å². The van der Waals surface area contributed by atoms with E-state index in [2.05, 4.69) is 15.0 Å². The molecule has 2 aromatic heterocycles. The Morgan fingerprint density at radius 3 is 3.00 bits per heavy atom. The summed E-state index contributed by atoms with van der Waals surface area (Å²) in [6.45, 7) is -0.572. The molecule has 3 rings (SSSR count). The van der Waals surface area contributed by atoms with Gasteiger partial charge >= 0.3 is 0 Å². The molecule has 5 N–H and O–H groups in total. The third-order valence-electron chi connectivity index (χ3n) is 3.19. The van der Waals surface area contributed by atoms with Gasteiger partial charge in [0.15, 0.2) is 23.6 Å². The first kappa shape index (κ1) is 13.0. The second-order valence-electron chi connectivity index (χ2n) is 4.46. The van der Waals surface area contributed by atoms with Gasteiger partial charge in [-0.25, -0.2) is 9.37 Å². The molecular weight excluding hydrogens is 273 g/mol. The summed E-state index contributed by atoms with van der Waals surface area (Å²) in [4.78, 5) is 21.6. The lowest BCUT2D eigenvalue weighted by molar-refractivity contribution is -0.0495. The van der Waals surface area contributed by atoms with Crippen LogP contribution in [0.15, 0.2) is 11.1 Å². The first-order valence-corrected chi connectivity index (χ1v) is 5.83. The number of alkyl halides is 1. The van der Waals surface area contributed by atoms with Crippen molar-refractivity contribution in [3.8, 4) is 0 Å². The highest BCUT2D eigenvalue weighted by Crippen LogP contribution is 2.32. The summed E-state index contributed by atoms with van der Waals surface area (Å²) >= 11 is 0. The second kappa shape index (κ2) is 4.51. The van der Waals surface area contributed by atoms with Crippen molar-refractivity contribution in [1.29, 1.82) is 0 Å². The van der Waals surface area contributed by atoms with E-state index in [1.807, 2.05) is 0 Å². The average molecular weight is 285 g/mol. The van der Waals surface area contributed by atoms with Crippen LogP contribution in [0.1, 0.15) is 6.23 Å². The first-order chi connectivity index (χ1) is 9.52. The summed E-state index contributed by atoms with van der Waals surface area (Å²) < 4.78 is 20.1. The molecule has 1 aliphatic heterocycles. The molecule has 1 saturated heterocycles. The Balaban J connectivity index is 2.09. The van der Waals surface area contributed by atoms with Crippen LogP contribution in [0.5, 0.6) is 0 Å². The summed E-state index contributed by atoms with van der Waals surface area (Å²) in [5, 5.41) is 18.8. The third kappa shape index (κ3) is 1.77. The van der Waals surface area contributed by atoms with Gasteiger partial charge in [-0.1, -0.05) is 0 Å². The smallest absolute Gasteiger partial charge is 0.280 e. The van der Waals surface area contributed by atoms with E-state index in [0.29, 0.717) is 0 Å². The minimum absolute atomic E-state index is 0.00198. The van der Waals surface area contributed by atoms with Crippen molar-refractivity contribution in [2.45, 2.75) is 24.6 Å². The number of ether oxygens (including phenoxy) is 1. The van der Waals surface area contributed by atoms with E-state index in [4.69, 9.17) is 15.6 Å². The number of aromatic amines is 1. The molecule has 1 aliphatic rings. The molecule has 0 spiro atoms. The van der Waals surface area contributed by atoms with Crippen LogP contribution in [0.2, 0.25) is 0 Å². The number of anilines is 1. The van der Waals surface area contributed by atoms with Crippen LogP contribution >= 0.6 is 0 Å². The van der Waals surface area contributed by atoms with E-state index in [1.54, 1.807) is 0 Å². The van der Waals surface area contributed by atoms with Gasteiger partial charge in [0.2, 0.25) is 5.95 Å². The van der Waals surface area contributed by atoms with Crippen LogP contribution < -0.4 is 11.3 Å². The van der Waals surface area contributed by atoms with Crippen molar-refractivity contribution in [2.24, 2.45) is 0 Å². The van der Waals surface area contributed by atoms with Crippen molar-refractivity contribution in [3.05, 3.63) is 16.7 Å². The molecule has 9 nitrogen and oxygen atoms in total. The third-order valence-corrected chi connectivity index (χ3v) is 3.19. The highest BCUT2D eigenvalue weighted by atomic mass is 19.1. The molecule has 1 unspecified atom stereocenters. The number of nitrogens with two attached hydrogens (primary N) is 1. The number of rotatable bonds is 2. The normalized spacial score (nSPS) is 30.1. The Morgan fingerprint density at radius 1 is 1.60 bits per heavy atom. The van der Waals surface area contributed by atoms with Crippen LogP contribution in [-0.2, 0) is 4.74 Å². The molecule has 108 valence electrons. The number of halogens is 1. The lowest BCUT2D eigenvalue weighted by Gasteiger charge is -2.15. The molecule has 0 aliphatic carbocycles. The van der Waals surface area contributed by atoms with Gasteiger partial charge < -0.3 is 20.7 Å². The molecule has 10 heteroatoms. The number of nitrogens with one attached hydrogen (secondary N) is 1. The van der Waals surface area contributed by atoms with Gasteiger partial charge in [-0.2, -0.15) is 4.98 Å². The minimum atomic E-state index is -1.75. The van der Waals surface area contributed by atoms with Crippen LogP contribution in [0.4, 0.5) is 10.3 Å². The van der Waals surface area contributed by atoms with Crippen LogP contribution in [0.25, 0.3) is 11.2 Å². The highest BCUT2D eigenvalue weighted by molar-refractivity contribution is 5.70. The lowest BCUT2D eigenvalue weighted by atomic mass is 10.1. The Hall–Kier alpha value is -2.04. The molecule has 4 atom stereocenters. The molecule has 0 saturated carbocycles. The predicted molar refractivity (Wildman–Crippen MR) is 64.5 cm³/mol. The molecular formula is C10H12FN5O4. The van der Waals surface area contributed by atoms with E-state index in [9.17, 15) is 14.3 Å². The topological polar surface area (TPSA) is 139 Å². The molecule has 0 aromatic carbocycles. The maximum atomic E-state index is 13.7. The van der Waals surface area contributed by atoms with Gasteiger partial charge in [0.25, 0.3) is 5.56 Å².